The van der Waals surface area contributed by atoms with E-state index in [9.17, 15) is 4.57 Å². The molecule has 3 nitrogen and oxygen atoms in total. The maximum Gasteiger partial charge on any atom is 0.342 e. The second-order valence-electron chi connectivity index (χ2n) is 2.45. The first-order chi connectivity index (χ1) is 4.48. The first kappa shape index (κ1) is 10.4. The highest BCUT2D eigenvalue weighted by atomic mass is 35.5. The minimum atomic E-state index is -3.46. The van der Waals surface area contributed by atoms with E-state index < -0.39 is 7.60 Å². The molecule has 0 saturated heterocycles. The van der Waals surface area contributed by atoms with E-state index in [1.165, 1.54) is 0 Å². The normalized spacial score (nSPS) is 17.3. The molecule has 1 atom stereocenters. The molecule has 0 saturated carbocycles. The van der Waals surface area contributed by atoms with Gasteiger partial charge in [-0.25, -0.2) is 0 Å². The average molecular weight is 187 g/mol. The molecule has 0 aliphatic heterocycles. The standard InChI is InChI=1S/C5H12ClO3P/c1-5(2)3-9-10(7,8)4-6/h5H,3-4H2,1-2H3,(H,7,8). The van der Waals surface area contributed by atoms with Crippen LogP contribution < -0.4 is 0 Å². The number of alkyl halides is 1. The Hall–Kier alpha value is 0.440. The zero-order valence-corrected chi connectivity index (χ0v) is 7.73. The molecule has 0 aliphatic rings. The summed E-state index contributed by atoms with van der Waals surface area (Å²) in [6.45, 7) is 4.07. The van der Waals surface area contributed by atoms with Crippen molar-refractivity contribution in [3.63, 3.8) is 0 Å². The van der Waals surface area contributed by atoms with Gasteiger partial charge in [-0.1, -0.05) is 13.8 Å². The Labute approximate surface area is 65.9 Å². The fourth-order valence-electron chi connectivity index (χ4n) is 0.300. The zero-order valence-electron chi connectivity index (χ0n) is 6.08. The van der Waals surface area contributed by atoms with Crippen molar-refractivity contribution in [3.05, 3.63) is 0 Å². The van der Waals surface area contributed by atoms with Crippen molar-refractivity contribution in [3.8, 4) is 0 Å². The van der Waals surface area contributed by atoms with E-state index in [4.69, 9.17) is 16.5 Å². The molecule has 0 spiro atoms. The smallest absolute Gasteiger partial charge is 0.323 e. The van der Waals surface area contributed by atoms with Crippen molar-refractivity contribution in [2.45, 2.75) is 13.8 Å². The van der Waals surface area contributed by atoms with Crippen LogP contribution in [0.2, 0.25) is 0 Å². The third kappa shape index (κ3) is 5.24. The Morgan fingerprint density at radius 1 is 1.70 bits per heavy atom. The second-order valence-corrected chi connectivity index (χ2v) is 4.94. The maximum absolute atomic E-state index is 10.7. The zero-order chi connectivity index (χ0) is 8.20. The lowest BCUT2D eigenvalue weighted by Gasteiger charge is -2.10. The lowest BCUT2D eigenvalue weighted by atomic mass is 10.2. The van der Waals surface area contributed by atoms with Gasteiger partial charge in [0.25, 0.3) is 0 Å². The fourth-order valence-corrected chi connectivity index (χ4v) is 1.11. The summed E-state index contributed by atoms with van der Waals surface area (Å²) in [6.07, 6.45) is 0. The van der Waals surface area contributed by atoms with Gasteiger partial charge in [-0.3, -0.25) is 4.57 Å². The molecule has 0 fully saturated rings. The van der Waals surface area contributed by atoms with E-state index in [1.54, 1.807) is 0 Å². The summed E-state index contributed by atoms with van der Waals surface area (Å²) in [7, 11) is -3.46. The SMILES string of the molecule is CC(C)COP(=O)(O)CCl. The van der Waals surface area contributed by atoms with Crippen LogP contribution >= 0.6 is 19.2 Å². The van der Waals surface area contributed by atoms with Crippen molar-refractivity contribution in [2.75, 3.05) is 12.2 Å². The van der Waals surface area contributed by atoms with Crippen LogP contribution in [0.15, 0.2) is 0 Å². The van der Waals surface area contributed by atoms with Crippen LogP contribution in [0.25, 0.3) is 0 Å². The summed E-state index contributed by atoms with van der Waals surface area (Å²) >= 11 is 5.14. The van der Waals surface area contributed by atoms with Crippen LogP contribution in [-0.2, 0) is 9.09 Å². The van der Waals surface area contributed by atoms with Crippen molar-refractivity contribution >= 4 is 19.2 Å². The van der Waals surface area contributed by atoms with E-state index in [2.05, 4.69) is 4.52 Å². The van der Waals surface area contributed by atoms with Gasteiger partial charge in [0, 0.05) is 0 Å². The van der Waals surface area contributed by atoms with Crippen molar-refractivity contribution in [1.82, 2.24) is 0 Å². The Bertz CT molecular complexity index is 137. The molecule has 1 N–H and O–H groups in total. The first-order valence-corrected chi connectivity index (χ1v) is 5.30. The van der Waals surface area contributed by atoms with Gasteiger partial charge in [-0.2, -0.15) is 0 Å². The number of hydrogen-bond acceptors (Lipinski definition) is 2. The van der Waals surface area contributed by atoms with Crippen LogP contribution in [0.3, 0.4) is 0 Å². The van der Waals surface area contributed by atoms with E-state index in [1.807, 2.05) is 13.8 Å². The molecule has 0 aromatic carbocycles. The second kappa shape index (κ2) is 4.35. The van der Waals surface area contributed by atoms with Gasteiger partial charge >= 0.3 is 7.60 Å². The molecular weight excluding hydrogens is 174 g/mol. The van der Waals surface area contributed by atoms with E-state index in [-0.39, 0.29) is 18.1 Å². The molecule has 0 aromatic rings. The molecule has 10 heavy (non-hydrogen) atoms. The summed E-state index contributed by atoms with van der Waals surface area (Å²) in [6, 6.07) is 0. The summed E-state index contributed by atoms with van der Waals surface area (Å²) < 4.78 is 15.3. The summed E-state index contributed by atoms with van der Waals surface area (Å²) in [5.74, 6) is 0.253. The monoisotopic (exact) mass is 186 g/mol. The average Bonchev–Trinajstić information content (AvgIpc) is 1.85. The molecule has 1 unspecified atom stereocenters. The van der Waals surface area contributed by atoms with Gasteiger partial charge in [-0.15, -0.1) is 11.6 Å². The Balaban J connectivity index is 3.58. The van der Waals surface area contributed by atoms with Crippen LogP contribution in [0.4, 0.5) is 0 Å². The minimum Gasteiger partial charge on any atom is -0.323 e. The van der Waals surface area contributed by atoms with Gasteiger partial charge in [0.1, 0.15) is 5.62 Å². The third-order valence-corrected chi connectivity index (χ3v) is 2.52. The predicted molar refractivity (Wildman–Crippen MR) is 41.3 cm³/mol. The highest BCUT2D eigenvalue weighted by Gasteiger charge is 2.17. The van der Waals surface area contributed by atoms with Gasteiger partial charge < -0.3 is 9.42 Å². The first-order valence-electron chi connectivity index (χ1n) is 3.00. The molecule has 0 radical (unpaired) electrons. The number of hydrogen-bond donors (Lipinski definition) is 1. The third-order valence-electron chi connectivity index (χ3n) is 0.761. The summed E-state index contributed by atoms with van der Waals surface area (Å²) in [5, 5.41) is 0. The molecular formula is C5H12ClO3P. The maximum atomic E-state index is 10.7. The van der Waals surface area contributed by atoms with Gasteiger partial charge in [0.2, 0.25) is 0 Å². The van der Waals surface area contributed by atoms with Crippen LogP contribution in [0.1, 0.15) is 13.8 Å². The largest absolute Gasteiger partial charge is 0.342 e. The van der Waals surface area contributed by atoms with Crippen molar-refractivity contribution in [1.29, 1.82) is 0 Å². The van der Waals surface area contributed by atoms with Gasteiger partial charge in [0.05, 0.1) is 6.61 Å². The molecule has 0 bridgehead atoms. The van der Waals surface area contributed by atoms with Gasteiger partial charge in [0.15, 0.2) is 0 Å². The van der Waals surface area contributed by atoms with E-state index in [0.717, 1.165) is 0 Å². The lowest BCUT2D eigenvalue weighted by Crippen LogP contribution is -2.00. The molecule has 0 rings (SSSR count). The van der Waals surface area contributed by atoms with Gasteiger partial charge in [-0.05, 0) is 5.92 Å². The molecule has 0 aliphatic carbocycles. The van der Waals surface area contributed by atoms with Crippen LogP contribution in [-0.4, -0.2) is 17.1 Å². The Kier molecular flexibility index (Phi) is 4.54. The Morgan fingerprint density at radius 3 is 2.50 bits per heavy atom. The quantitative estimate of drug-likeness (QED) is 0.540. The molecule has 0 amide bonds. The van der Waals surface area contributed by atoms with E-state index in [0.29, 0.717) is 0 Å². The van der Waals surface area contributed by atoms with Crippen LogP contribution in [0, 0.1) is 5.92 Å². The van der Waals surface area contributed by atoms with Crippen molar-refractivity contribution < 1.29 is 14.0 Å². The lowest BCUT2D eigenvalue weighted by molar-refractivity contribution is 0.232. The Morgan fingerprint density at radius 2 is 2.20 bits per heavy atom. The molecule has 62 valence electrons. The number of rotatable bonds is 4. The highest BCUT2D eigenvalue weighted by Crippen LogP contribution is 2.42. The fraction of sp³-hybridized carbons (Fsp3) is 1.00. The highest BCUT2D eigenvalue weighted by molar-refractivity contribution is 7.54. The van der Waals surface area contributed by atoms with Crippen molar-refractivity contribution in [2.24, 2.45) is 5.92 Å². The molecule has 0 heterocycles. The molecule has 5 heteroatoms. The molecule has 0 aromatic heterocycles. The summed E-state index contributed by atoms with van der Waals surface area (Å²) in [5.41, 5.74) is -0.334. The topological polar surface area (TPSA) is 46.5 Å². The van der Waals surface area contributed by atoms with Crippen LogP contribution in [0.5, 0.6) is 0 Å². The summed E-state index contributed by atoms with van der Waals surface area (Å²) in [4.78, 5) is 8.77. The minimum absolute atomic E-state index is 0.253. The predicted octanol–water partition coefficient (Wildman–Crippen LogP) is 2.04. The number of halogens is 1. The van der Waals surface area contributed by atoms with E-state index >= 15 is 0 Å².